The number of carboxylic acids is 1. The molecule has 7 nitrogen and oxygen atoms in total. The number of hydrogen-bond donors (Lipinski definition) is 3. The Morgan fingerprint density at radius 1 is 1.19 bits per heavy atom. The van der Waals surface area contributed by atoms with Crippen LogP contribution >= 0.6 is 0 Å². The standard InChI is InChI=1S/C14H25N3O4/c1-3-17(4-2)12(18)9-15-14(21)16-11-7-5-6-10(8-11)13(19)20/h10-11H,3-9H2,1-2H3,(H,19,20)(H2,15,16,21). The maximum atomic E-state index is 11.8. The van der Waals surface area contributed by atoms with E-state index >= 15 is 0 Å². The molecular formula is C14H25N3O4. The Labute approximate surface area is 125 Å². The first-order valence-electron chi connectivity index (χ1n) is 7.52. The van der Waals surface area contributed by atoms with Crippen molar-refractivity contribution in [1.82, 2.24) is 15.5 Å². The molecule has 0 saturated heterocycles. The van der Waals surface area contributed by atoms with Crippen molar-refractivity contribution in [3.05, 3.63) is 0 Å². The van der Waals surface area contributed by atoms with Crippen LogP contribution < -0.4 is 10.6 Å². The van der Waals surface area contributed by atoms with E-state index in [9.17, 15) is 14.4 Å². The van der Waals surface area contributed by atoms with E-state index in [0.29, 0.717) is 25.9 Å². The summed E-state index contributed by atoms with van der Waals surface area (Å²) in [6.45, 7) is 4.96. The number of hydrogen-bond acceptors (Lipinski definition) is 3. The minimum atomic E-state index is -0.807. The lowest BCUT2D eigenvalue weighted by Gasteiger charge is -2.27. The van der Waals surface area contributed by atoms with Crippen molar-refractivity contribution in [3.63, 3.8) is 0 Å². The van der Waals surface area contributed by atoms with Crippen molar-refractivity contribution in [2.45, 2.75) is 45.6 Å². The zero-order chi connectivity index (χ0) is 15.8. The van der Waals surface area contributed by atoms with E-state index in [1.165, 1.54) is 0 Å². The summed E-state index contributed by atoms with van der Waals surface area (Å²) in [6, 6.07) is -0.546. The average molecular weight is 299 g/mol. The molecule has 1 saturated carbocycles. The van der Waals surface area contributed by atoms with Crippen LogP contribution in [-0.2, 0) is 9.59 Å². The van der Waals surface area contributed by atoms with Gasteiger partial charge in [0.2, 0.25) is 5.91 Å². The third-order valence-corrected chi connectivity index (χ3v) is 3.87. The zero-order valence-electron chi connectivity index (χ0n) is 12.7. The van der Waals surface area contributed by atoms with Gasteiger partial charge in [0.05, 0.1) is 12.5 Å². The largest absolute Gasteiger partial charge is 0.481 e. The number of likely N-dealkylation sites (N-methyl/N-ethyl adjacent to an activating group) is 1. The van der Waals surface area contributed by atoms with Crippen molar-refractivity contribution < 1.29 is 19.5 Å². The van der Waals surface area contributed by atoms with Gasteiger partial charge in [0, 0.05) is 19.1 Å². The Bertz CT molecular complexity index is 382. The number of nitrogens with zero attached hydrogens (tertiary/aromatic N) is 1. The number of carbonyl (C=O) groups excluding carboxylic acids is 2. The molecule has 0 heterocycles. The van der Waals surface area contributed by atoms with Crippen LogP contribution in [0.3, 0.4) is 0 Å². The van der Waals surface area contributed by atoms with Gasteiger partial charge in [-0.1, -0.05) is 6.42 Å². The number of aliphatic carboxylic acids is 1. The Hall–Kier alpha value is -1.79. The lowest BCUT2D eigenvalue weighted by Crippen LogP contribution is -2.48. The predicted molar refractivity (Wildman–Crippen MR) is 77.8 cm³/mol. The summed E-state index contributed by atoms with van der Waals surface area (Å²) >= 11 is 0. The quantitative estimate of drug-likeness (QED) is 0.675. The monoisotopic (exact) mass is 299 g/mol. The van der Waals surface area contributed by atoms with Crippen molar-refractivity contribution in [3.8, 4) is 0 Å². The van der Waals surface area contributed by atoms with E-state index in [2.05, 4.69) is 10.6 Å². The number of rotatable bonds is 6. The second-order valence-electron chi connectivity index (χ2n) is 5.29. The molecule has 3 N–H and O–H groups in total. The van der Waals surface area contributed by atoms with Crippen LogP contribution in [0.1, 0.15) is 39.5 Å². The first kappa shape index (κ1) is 17.3. The molecule has 120 valence electrons. The summed E-state index contributed by atoms with van der Waals surface area (Å²) in [5.41, 5.74) is 0. The van der Waals surface area contributed by atoms with Gasteiger partial charge in [0.25, 0.3) is 0 Å². The molecule has 1 aliphatic rings. The van der Waals surface area contributed by atoms with Crippen LogP contribution in [0.25, 0.3) is 0 Å². The molecule has 0 spiro atoms. The molecule has 0 aromatic rings. The van der Waals surface area contributed by atoms with Gasteiger partial charge in [0.15, 0.2) is 0 Å². The number of amides is 3. The Morgan fingerprint density at radius 2 is 1.86 bits per heavy atom. The molecule has 0 aromatic heterocycles. The molecule has 1 fully saturated rings. The number of urea groups is 1. The molecule has 2 unspecified atom stereocenters. The summed E-state index contributed by atoms with van der Waals surface area (Å²) in [5, 5.41) is 14.3. The van der Waals surface area contributed by atoms with Gasteiger partial charge < -0.3 is 20.6 Å². The van der Waals surface area contributed by atoms with E-state index in [4.69, 9.17) is 5.11 Å². The normalized spacial score (nSPS) is 21.4. The SMILES string of the molecule is CCN(CC)C(=O)CNC(=O)NC1CCCC(C(=O)O)C1. The molecule has 7 heteroatoms. The number of carbonyl (C=O) groups is 3. The highest BCUT2D eigenvalue weighted by Gasteiger charge is 2.27. The minimum absolute atomic E-state index is 0.0391. The molecule has 1 rings (SSSR count). The second-order valence-corrected chi connectivity index (χ2v) is 5.29. The van der Waals surface area contributed by atoms with Gasteiger partial charge >= 0.3 is 12.0 Å². The Balaban J connectivity index is 2.33. The molecule has 1 aliphatic carbocycles. The van der Waals surface area contributed by atoms with Crippen molar-refractivity contribution in [2.75, 3.05) is 19.6 Å². The summed E-state index contributed by atoms with van der Waals surface area (Å²) in [4.78, 5) is 36.1. The van der Waals surface area contributed by atoms with Gasteiger partial charge in [-0.15, -0.1) is 0 Å². The summed E-state index contributed by atoms with van der Waals surface area (Å²) < 4.78 is 0. The molecule has 2 atom stereocenters. The van der Waals surface area contributed by atoms with Gasteiger partial charge in [-0.2, -0.15) is 0 Å². The minimum Gasteiger partial charge on any atom is -0.481 e. The molecule has 0 bridgehead atoms. The van der Waals surface area contributed by atoms with Crippen LogP contribution in [0.15, 0.2) is 0 Å². The zero-order valence-corrected chi connectivity index (χ0v) is 12.7. The van der Waals surface area contributed by atoms with E-state index in [1.54, 1.807) is 4.90 Å². The summed E-state index contributed by atoms with van der Waals surface area (Å²) in [5.74, 6) is -1.32. The van der Waals surface area contributed by atoms with Gasteiger partial charge in [-0.25, -0.2) is 4.79 Å². The highest BCUT2D eigenvalue weighted by atomic mass is 16.4. The fraction of sp³-hybridized carbons (Fsp3) is 0.786. The first-order valence-corrected chi connectivity index (χ1v) is 7.52. The maximum Gasteiger partial charge on any atom is 0.315 e. The molecule has 3 amide bonds. The maximum absolute atomic E-state index is 11.8. The highest BCUT2D eigenvalue weighted by Crippen LogP contribution is 2.24. The molecular weight excluding hydrogens is 274 g/mol. The fourth-order valence-corrected chi connectivity index (χ4v) is 2.63. The van der Waals surface area contributed by atoms with Crippen LogP contribution in [0.4, 0.5) is 4.79 Å². The fourth-order valence-electron chi connectivity index (χ4n) is 2.63. The molecule has 0 aromatic carbocycles. The molecule has 21 heavy (non-hydrogen) atoms. The van der Waals surface area contributed by atoms with Gasteiger partial charge in [-0.3, -0.25) is 9.59 Å². The van der Waals surface area contributed by atoms with E-state index in [1.807, 2.05) is 13.8 Å². The van der Waals surface area contributed by atoms with Crippen LogP contribution in [0.2, 0.25) is 0 Å². The smallest absolute Gasteiger partial charge is 0.315 e. The second kappa shape index (κ2) is 8.49. The predicted octanol–water partition coefficient (Wildman–Crippen LogP) is 0.797. The summed E-state index contributed by atoms with van der Waals surface area (Å²) in [7, 11) is 0. The first-order chi connectivity index (χ1) is 9.97. The number of carboxylic acid groups (broad SMARTS) is 1. The third kappa shape index (κ3) is 5.61. The van der Waals surface area contributed by atoms with Crippen LogP contribution in [-0.4, -0.2) is 53.6 Å². The lowest BCUT2D eigenvalue weighted by atomic mass is 9.86. The van der Waals surface area contributed by atoms with Crippen molar-refractivity contribution in [2.24, 2.45) is 5.92 Å². The summed E-state index contributed by atoms with van der Waals surface area (Å²) in [6.07, 6.45) is 2.68. The average Bonchev–Trinajstić information content (AvgIpc) is 2.46. The highest BCUT2D eigenvalue weighted by molar-refractivity contribution is 5.84. The topological polar surface area (TPSA) is 98.7 Å². The van der Waals surface area contributed by atoms with Gasteiger partial charge in [-0.05, 0) is 33.1 Å². The number of nitrogens with one attached hydrogen (secondary N) is 2. The van der Waals surface area contributed by atoms with E-state index in [0.717, 1.165) is 12.8 Å². The van der Waals surface area contributed by atoms with Gasteiger partial charge in [0.1, 0.15) is 0 Å². The third-order valence-electron chi connectivity index (χ3n) is 3.87. The molecule has 0 radical (unpaired) electrons. The van der Waals surface area contributed by atoms with Crippen LogP contribution in [0.5, 0.6) is 0 Å². The lowest BCUT2D eigenvalue weighted by molar-refractivity contribution is -0.143. The van der Waals surface area contributed by atoms with Crippen molar-refractivity contribution in [1.29, 1.82) is 0 Å². The van der Waals surface area contributed by atoms with Crippen molar-refractivity contribution >= 4 is 17.9 Å². The van der Waals surface area contributed by atoms with E-state index < -0.39 is 12.0 Å². The Morgan fingerprint density at radius 3 is 2.43 bits per heavy atom. The Kier molecular flexibility index (Phi) is 6.98. The van der Waals surface area contributed by atoms with E-state index in [-0.39, 0.29) is 24.4 Å². The molecule has 0 aliphatic heterocycles. The van der Waals surface area contributed by atoms with Crippen LogP contribution in [0, 0.1) is 5.92 Å².